The molecule has 0 aliphatic heterocycles. The molecule has 1 aliphatic carbocycles. The van der Waals surface area contributed by atoms with Crippen molar-refractivity contribution in [2.45, 2.75) is 24.8 Å². The fourth-order valence-corrected chi connectivity index (χ4v) is 2.72. The summed E-state index contributed by atoms with van der Waals surface area (Å²) in [5.74, 6) is -0.0121. The number of amides is 1. The minimum Gasteiger partial charge on any atom is -0.345 e. The lowest BCUT2D eigenvalue weighted by Gasteiger charge is -2.41. The molecule has 3 nitrogen and oxygen atoms in total. The van der Waals surface area contributed by atoms with Crippen molar-refractivity contribution in [3.8, 4) is 0 Å². The predicted octanol–water partition coefficient (Wildman–Crippen LogP) is 2.45. The number of carbonyl (C=O) groups is 1. The van der Waals surface area contributed by atoms with Gasteiger partial charge in [-0.2, -0.15) is 0 Å². The maximum absolute atomic E-state index is 12.5. The van der Waals surface area contributed by atoms with E-state index in [0.29, 0.717) is 6.54 Å². The van der Waals surface area contributed by atoms with Crippen LogP contribution in [0.1, 0.15) is 29.6 Å². The van der Waals surface area contributed by atoms with Crippen molar-refractivity contribution in [3.05, 3.63) is 48.0 Å². The van der Waals surface area contributed by atoms with E-state index in [1.807, 2.05) is 42.5 Å². The number of hydrogen-bond acceptors (Lipinski definition) is 2. The maximum atomic E-state index is 12.5. The van der Waals surface area contributed by atoms with Crippen LogP contribution in [0.5, 0.6) is 0 Å². The number of fused-ring (bicyclic) bond motifs is 1. The van der Waals surface area contributed by atoms with E-state index in [0.717, 1.165) is 35.6 Å². The molecule has 2 aromatic rings. The summed E-state index contributed by atoms with van der Waals surface area (Å²) in [4.78, 5) is 12.5. The van der Waals surface area contributed by atoms with Gasteiger partial charge in [-0.05, 0) is 36.1 Å². The highest BCUT2D eigenvalue weighted by Gasteiger charge is 2.37. The normalized spacial score (nSPS) is 16.9. The van der Waals surface area contributed by atoms with Crippen LogP contribution >= 0.6 is 0 Å². The molecule has 1 fully saturated rings. The molecule has 0 bridgehead atoms. The quantitative estimate of drug-likeness (QED) is 0.884. The van der Waals surface area contributed by atoms with Crippen LogP contribution in [0.3, 0.4) is 0 Å². The monoisotopic (exact) mass is 254 g/mol. The largest absolute Gasteiger partial charge is 0.345 e. The maximum Gasteiger partial charge on any atom is 0.252 e. The van der Waals surface area contributed by atoms with Gasteiger partial charge < -0.3 is 11.1 Å². The highest BCUT2D eigenvalue weighted by molar-refractivity contribution is 6.07. The molecule has 1 aliphatic rings. The van der Waals surface area contributed by atoms with Crippen LogP contribution in [0.15, 0.2) is 42.5 Å². The number of nitrogens with one attached hydrogen (secondary N) is 1. The van der Waals surface area contributed by atoms with E-state index in [2.05, 4.69) is 5.32 Å². The Morgan fingerprint density at radius 2 is 1.89 bits per heavy atom. The second-order valence-corrected chi connectivity index (χ2v) is 5.32. The molecule has 19 heavy (non-hydrogen) atoms. The topological polar surface area (TPSA) is 55.1 Å². The first kappa shape index (κ1) is 12.2. The molecule has 3 rings (SSSR count). The standard InChI is InChI=1S/C16H18N2O/c17-11-16(9-4-10-16)18-15(19)14-8-3-6-12-5-1-2-7-13(12)14/h1-3,5-8H,4,9-11,17H2,(H,18,19). The highest BCUT2D eigenvalue weighted by atomic mass is 16.1. The molecule has 0 radical (unpaired) electrons. The Morgan fingerprint density at radius 1 is 1.16 bits per heavy atom. The Balaban J connectivity index is 1.93. The Morgan fingerprint density at radius 3 is 2.58 bits per heavy atom. The van der Waals surface area contributed by atoms with Crippen molar-refractivity contribution < 1.29 is 4.79 Å². The van der Waals surface area contributed by atoms with Crippen molar-refractivity contribution in [2.75, 3.05) is 6.54 Å². The summed E-state index contributed by atoms with van der Waals surface area (Å²) in [6.45, 7) is 0.517. The third kappa shape index (κ3) is 2.10. The molecule has 3 N–H and O–H groups in total. The Labute approximate surface area is 112 Å². The van der Waals surface area contributed by atoms with Crippen LogP contribution in [0, 0.1) is 0 Å². The molecular formula is C16H18N2O. The average molecular weight is 254 g/mol. The number of rotatable bonds is 3. The van der Waals surface area contributed by atoms with E-state index >= 15 is 0 Å². The summed E-state index contributed by atoms with van der Waals surface area (Å²) in [6.07, 6.45) is 3.12. The molecule has 0 atom stereocenters. The number of carbonyl (C=O) groups excluding carboxylic acids is 1. The van der Waals surface area contributed by atoms with Gasteiger partial charge in [-0.25, -0.2) is 0 Å². The molecule has 1 amide bonds. The van der Waals surface area contributed by atoms with E-state index in [9.17, 15) is 4.79 Å². The van der Waals surface area contributed by atoms with Gasteiger partial charge in [0.15, 0.2) is 0 Å². The minimum atomic E-state index is -0.173. The van der Waals surface area contributed by atoms with Gasteiger partial charge in [0.05, 0.1) is 5.54 Å². The van der Waals surface area contributed by atoms with Crippen LogP contribution in [-0.2, 0) is 0 Å². The smallest absolute Gasteiger partial charge is 0.252 e. The van der Waals surface area contributed by atoms with Crippen molar-refractivity contribution in [1.82, 2.24) is 5.32 Å². The first-order chi connectivity index (χ1) is 9.24. The molecule has 98 valence electrons. The SMILES string of the molecule is NCC1(NC(=O)c2cccc3ccccc23)CCC1. The molecule has 0 unspecified atom stereocenters. The van der Waals surface area contributed by atoms with Crippen molar-refractivity contribution in [3.63, 3.8) is 0 Å². The summed E-state index contributed by atoms with van der Waals surface area (Å²) < 4.78 is 0. The summed E-state index contributed by atoms with van der Waals surface area (Å²) >= 11 is 0. The first-order valence-corrected chi connectivity index (χ1v) is 6.74. The van der Waals surface area contributed by atoms with E-state index in [4.69, 9.17) is 5.73 Å². The number of hydrogen-bond donors (Lipinski definition) is 2. The summed E-state index contributed by atoms with van der Waals surface area (Å²) in [5, 5.41) is 5.21. The van der Waals surface area contributed by atoms with Gasteiger partial charge in [-0.1, -0.05) is 36.4 Å². The van der Waals surface area contributed by atoms with Crippen LogP contribution in [0.2, 0.25) is 0 Å². The van der Waals surface area contributed by atoms with Crippen molar-refractivity contribution >= 4 is 16.7 Å². The molecule has 0 saturated heterocycles. The Hall–Kier alpha value is -1.87. The molecule has 0 heterocycles. The van der Waals surface area contributed by atoms with Gasteiger partial charge in [0.2, 0.25) is 0 Å². The molecule has 0 spiro atoms. The molecule has 3 heteroatoms. The molecule has 1 saturated carbocycles. The van der Waals surface area contributed by atoms with E-state index in [-0.39, 0.29) is 11.4 Å². The zero-order valence-electron chi connectivity index (χ0n) is 10.9. The predicted molar refractivity (Wildman–Crippen MR) is 77.1 cm³/mol. The van der Waals surface area contributed by atoms with Crippen LogP contribution in [0.4, 0.5) is 0 Å². The molecule has 2 aromatic carbocycles. The van der Waals surface area contributed by atoms with E-state index in [1.165, 1.54) is 0 Å². The lowest BCUT2D eigenvalue weighted by molar-refractivity contribution is 0.0839. The summed E-state index contributed by atoms with van der Waals surface area (Å²) in [6, 6.07) is 13.8. The number of nitrogens with two attached hydrogens (primary N) is 1. The van der Waals surface area contributed by atoms with Crippen LogP contribution in [-0.4, -0.2) is 18.0 Å². The van der Waals surface area contributed by atoms with Crippen LogP contribution in [0.25, 0.3) is 10.8 Å². The summed E-state index contributed by atoms with van der Waals surface area (Å²) in [5.41, 5.74) is 6.35. The molecular weight excluding hydrogens is 236 g/mol. The second-order valence-electron chi connectivity index (χ2n) is 5.32. The third-order valence-corrected chi connectivity index (χ3v) is 4.11. The first-order valence-electron chi connectivity index (χ1n) is 6.74. The van der Waals surface area contributed by atoms with E-state index in [1.54, 1.807) is 0 Å². The van der Waals surface area contributed by atoms with Gasteiger partial charge in [-0.15, -0.1) is 0 Å². The second kappa shape index (κ2) is 4.67. The van der Waals surface area contributed by atoms with Gasteiger partial charge >= 0.3 is 0 Å². The van der Waals surface area contributed by atoms with Gasteiger partial charge in [-0.3, -0.25) is 4.79 Å². The summed E-state index contributed by atoms with van der Waals surface area (Å²) in [7, 11) is 0. The Kier molecular flexibility index (Phi) is 2.99. The number of benzene rings is 2. The van der Waals surface area contributed by atoms with E-state index < -0.39 is 0 Å². The molecule has 0 aromatic heterocycles. The zero-order chi connectivity index (χ0) is 13.3. The van der Waals surface area contributed by atoms with Crippen molar-refractivity contribution in [1.29, 1.82) is 0 Å². The average Bonchev–Trinajstić information content (AvgIpc) is 2.42. The third-order valence-electron chi connectivity index (χ3n) is 4.11. The minimum absolute atomic E-state index is 0.0121. The van der Waals surface area contributed by atoms with Gasteiger partial charge in [0.25, 0.3) is 5.91 Å². The lowest BCUT2D eigenvalue weighted by Crippen LogP contribution is -2.58. The lowest BCUT2D eigenvalue weighted by atomic mass is 9.76. The Bertz CT molecular complexity index is 606. The van der Waals surface area contributed by atoms with Gasteiger partial charge in [0.1, 0.15) is 0 Å². The van der Waals surface area contributed by atoms with Gasteiger partial charge in [0, 0.05) is 12.1 Å². The zero-order valence-corrected chi connectivity index (χ0v) is 10.9. The fraction of sp³-hybridized carbons (Fsp3) is 0.312. The fourth-order valence-electron chi connectivity index (χ4n) is 2.72. The van der Waals surface area contributed by atoms with Crippen molar-refractivity contribution in [2.24, 2.45) is 5.73 Å². The highest BCUT2D eigenvalue weighted by Crippen LogP contribution is 2.31. The van der Waals surface area contributed by atoms with Crippen LogP contribution < -0.4 is 11.1 Å².